The lowest BCUT2D eigenvalue weighted by atomic mass is 10.0. The van der Waals surface area contributed by atoms with Crippen molar-refractivity contribution >= 4 is 39.1 Å². The molecule has 0 amide bonds. The molecule has 0 radical (unpaired) electrons. The molecule has 0 bridgehead atoms. The highest BCUT2D eigenvalue weighted by Crippen LogP contribution is 2.40. The van der Waals surface area contributed by atoms with Crippen LogP contribution in [-0.4, -0.2) is 64.1 Å². The van der Waals surface area contributed by atoms with E-state index in [0.717, 1.165) is 78.7 Å². The highest BCUT2D eigenvalue weighted by atomic mass is 19.4. The first-order valence-electron chi connectivity index (χ1n) is 18.3. The van der Waals surface area contributed by atoms with Gasteiger partial charge in [0.2, 0.25) is 0 Å². The summed E-state index contributed by atoms with van der Waals surface area (Å²) < 4.78 is 35.3. The zero-order valence-electron chi connectivity index (χ0n) is 30.1. The van der Waals surface area contributed by atoms with Crippen molar-refractivity contribution in [3.63, 3.8) is 0 Å². The molecule has 0 saturated carbocycles. The van der Waals surface area contributed by atoms with E-state index in [0.29, 0.717) is 46.1 Å². The monoisotopic (exact) mass is 762 g/mol. The number of aromatic nitrogens is 2. The van der Waals surface area contributed by atoms with Gasteiger partial charge in [-0.25, -0.2) is 4.79 Å². The van der Waals surface area contributed by atoms with Crippen molar-refractivity contribution < 1.29 is 32.7 Å². The Labute approximate surface area is 318 Å². The molecule has 0 aliphatic heterocycles. The van der Waals surface area contributed by atoms with Gasteiger partial charge in [0.25, 0.3) is 11.1 Å². The smallest absolute Gasteiger partial charge is 0.475 e. The van der Waals surface area contributed by atoms with Crippen molar-refractivity contribution in [1.82, 2.24) is 19.8 Å². The van der Waals surface area contributed by atoms with Crippen molar-refractivity contribution in [2.45, 2.75) is 38.5 Å². The molecule has 13 heteroatoms. The van der Waals surface area contributed by atoms with Gasteiger partial charge in [-0.15, -0.1) is 0 Å². The molecule has 286 valence electrons. The largest absolute Gasteiger partial charge is 0.490 e. The molecule has 0 atom stereocenters. The van der Waals surface area contributed by atoms with E-state index in [2.05, 4.69) is 10.6 Å². The quantitative estimate of drug-likeness (QED) is 0.121. The number of carboxylic acid groups (broad SMARTS) is 1. The number of rotatable bonds is 12. The second kappa shape index (κ2) is 15.9. The molecule has 2 aromatic heterocycles. The van der Waals surface area contributed by atoms with Gasteiger partial charge in [0, 0.05) is 56.9 Å². The van der Waals surface area contributed by atoms with Crippen LogP contribution in [0, 0.1) is 0 Å². The fraction of sp³-hybridized carbons (Fsp3) is 0.233. The topological polar surface area (TPSA) is 140 Å². The first-order chi connectivity index (χ1) is 27.0. The average Bonchev–Trinajstić information content (AvgIpc) is 3.66. The number of nitrogens with zero attached hydrogens (tertiary/aromatic N) is 2. The summed E-state index contributed by atoms with van der Waals surface area (Å²) in [5, 5.41) is 16.7. The van der Waals surface area contributed by atoms with Crippen LogP contribution in [0.3, 0.4) is 0 Å². The minimum absolute atomic E-state index is 0.0187. The summed E-state index contributed by atoms with van der Waals surface area (Å²) in [6.07, 6.45) is -2.64. The lowest BCUT2D eigenvalue weighted by Gasteiger charge is -2.15. The molecule has 0 saturated heterocycles. The van der Waals surface area contributed by atoms with Crippen molar-refractivity contribution in [3.8, 4) is 22.5 Å². The predicted octanol–water partition coefficient (Wildman–Crippen LogP) is 6.42. The maximum atomic E-state index is 13.6. The van der Waals surface area contributed by atoms with Crippen molar-refractivity contribution in [2.75, 3.05) is 26.2 Å². The minimum atomic E-state index is -5.08. The summed E-state index contributed by atoms with van der Waals surface area (Å²) in [5.74, 6) is -2.79. The van der Waals surface area contributed by atoms with Gasteiger partial charge in [-0.3, -0.25) is 19.2 Å². The van der Waals surface area contributed by atoms with E-state index < -0.39 is 12.1 Å². The Kier molecular flexibility index (Phi) is 10.8. The van der Waals surface area contributed by atoms with Gasteiger partial charge in [0.1, 0.15) is 0 Å². The third kappa shape index (κ3) is 7.06. The second-order valence-electron chi connectivity index (χ2n) is 13.6. The maximum Gasteiger partial charge on any atom is 0.490 e. The number of benzene rings is 4. The zero-order valence-corrected chi connectivity index (χ0v) is 30.1. The highest BCUT2D eigenvalue weighted by Gasteiger charge is 2.38. The van der Waals surface area contributed by atoms with Gasteiger partial charge < -0.3 is 24.9 Å². The number of ketones is 2. The van der Waals surface area contributed by atoms with Crippen LogP contribution < -0.4 is 21.8 Å². The van der Waals surface area contributed by atoms with Gasteiger partial charge in [-0.05, 0) is 57.6 Å². The number of carbonyl (C=O) groups is 3. The van der Waals surface area contributed by atoms with E-state index in [1.54, 1.807) is 9.13 Å². The molecule has 4 aromatic carbocycles. The van der Waals surface area contributed by atoms with Crippen LogP contribution in [0.2, 0.25) is 0 Å². The van der Waals surface area contributed by atoms with E-state index in [9.17, 15) is 32.3 Å². The molecule has 8 rings (SSSR count). The molecular weight excluding hydrogens is 725 g/mol. The molecule has 56 heavy (non-hydrogen) atoms. The molecular formula is C43H37F3N4O6. The summed E-state index contributed by atoms with van der Waals surface area (Å²) in [4.78, 5) is 62.8. The molecule has 2 heterocycles. The van der Waals surface area contributed by atoms with Crippen molar-refractivity contribution in [2.24, 2.45) is 0 Å². The van der Waals surface area contributed by atoms with Crippen molar-refractivity contribution in [3.05, 3.63) is 140 Å². The minimum Gasteiger partial charge on any atom is -0.475 e. The molecule has 6 aromatic rings. The van der Waals surface area contributed by atoms with Crippen LogP contribution in [0.4, 0.5) is 13.2 Å². The lowest BCUT2D eigenvalue weighted by molar-refractivity contribution is -0.192. The first kappa shape index (κ1) is 38.1. The average molecular weight is 763 g/mol. The summed E-state index contributed by atoms with van der Waals surface area (Å²) in [6.45, 7) is 4.20. The number of hydrogen-bond donors (Lipinski definition) is 3. The number of nitrogens with one attached hydrogen (secondary N) is 2. The maximum absolute atomic E-state index is 13.6. The fourth-order valence-electron chi connectivity index (χ4n) is 7.60. The predicted molar refractivity (Wildman–Crippen MR) is 207 cm³/mol. The Morgan fingerprint density at radius 2 is 0.839 bits per heavy atom. The number of hydrogen-bond acceptors (Lipinski definition) is 7. The number of carbonyl (C=O) groups excluding carboxylic acids is 2. The van der Waals surface area contributed by atoms with Crippen molar-refractivity contribution in [1.29, 1.82) is 0 Å². The lowest BCUT2D eigenvalue weighted by Crippen LogP contribution is -2.28. The van der Waals surface area contributed by atoms with Gasteiger partial charge >= 0.3 is 12.1 Å². The van der Waals surface area contributed by atoms with E-state index in [-0.39, 0.29) is 22.7 Å². The Morgan fingerprint density at radius 3 is 1.21 bits per heavy atom. The Hall–Kier alpha value is -6.18. The van der Waals surface area contributed by atoms with Gasteiger partial charge in [-0.2, -0.15) is 13.2 Å². The summed E-state index contributed by atoms with van der Waals surface area (Å²) >= 11 is 0. The molecule has 0 unspecified atom stereocenters. The molecule has 2 aliphatic carbocycles. The summed E-state index contributed by atoms with van der Waals surface area (Å²) in [5.41, 5.74) is 5.58. The number of carboxylic acids is 1. The number of halogens is 3. The number of aliphatic carboxylic acids is 1. The summed E-state index contributed by atoms with van der Waals surface area (Å²) in [7, 11) is 0. The first-order valence-corrected chi connectivity index (χ1v) is 18.3. The van der Waals surface area contributed by atoms with E-state index in [1.165, 1.54) is 0 Å². The molecule has 0 spiro atoms. The molecule has 3 N–H and O–H groups in total. The van der Waals surface area contributed by atoms with Crippen LogP contribution in [-0.2, 0) is 17.9 Å². The van der Waals surface area contributed by atoms with E-state index in [1.807, 2.05) is 97.1 Å². The normalized spacial score (nSPS) is 12.6. The Bertz CT molecular complexity index is 2480. The third-order valence-electron chi connectivity index (χ3n) is 10.1. The molecule has 0 fully saturated rings. The fourth-order valence-corrected chi connectivity index (χ4v) is 7.60. The number of pyridine rings is 2. The van der Waals surface area contributed by atoms with Gasteiger partial charge in [0.15, 0.2) is 11.6 Å². The zero-order chi connectivity index (χ0) is 39.6. The van der Waals surface area contributed by atoms with Crippen LogP contribution in [0.1, 0.15) is 51.1 Å². The van der Waals surface area contributed by atoms with E-state index >= 15 is 0 Å². The molecule has 2 aliphatic rings. The second-order valence-corrected chi connectivity index (χ2v) is 13.6. The standard InChI is InChI=1S/C41H36N4O4.C2HF3O2/c46-38-30-16-5-3-14-28(30)36-34(38)26-12-1-7-18-32(26)40(48)44(36)24-10-22-42-20-9-21-43-23-11-25-45-37-29-15-4-6-17-31(29)39(47)35(37)27-13-2-8-19-33(27)41(45)49;3-2(4,5)1(6)7/h1-8,12-19,42-43H,9-11,20-25H2;(H,6,7). The molecule has 10 nitrogen and oxygen atoms in total. The third-order valence-corrected chi connectivity index (χ3v) is 10.1. The van der Waals surface area contributed by atoms with Gasteiger partial charge in [0.05, 0.1) is 22.5 Å². The summed E-state index contributed by atoms with van der Waals surface area (Å²) in [6, 6.07) is 29.9. The Balaban J connectivity index is 0.000000629. The van der Waals surface area contributed by atoms with Crippen LogP contribution in [0.5, 0.6) is 0 Å². The number of alkyl halides is 3. The SMILES string of the molecule is O=C(O)C(F)(F)F.O=C1c2ccccc2-c2c1c1ccccc1c(=O)n2CCCNCCCNCCCn1c2c(c3ccccc3c1=O)C(=O)c1ccccc1-2. The van der Waals surface area contributed by atoms with E-state index in [4.69, 9.17) is 9.90 Å². The Morgan fingerprint density at radius 1 is 0.518 bits per heavy atom. The van der Waals surface area contributed by atoms with Crippen LogP contribution >= 0.6 is 0 Å². The van der Waals surface area contributed by atoms with Crippen LogP contribution in [0.15, 0.2) is 107 Å². The van der Waals surface area contributed by atoms with Gasteiger partial charge in [-0.1, -0.05) is 84.9 Å². The highest BCUT2D eigenvalue weighted by molar-refractivity contribution is 6.27. The van der Waals surface area contributed by atoms with Crippen LogP contribution in [0.25, 0.3) is 44.1 Å². The number of fused-ring (bicyclic) bond motifs is 10.